The summed E-state index contributed by atoms with van der Waals surface area (Å²) in [5, 5.41) is 5.70. The minimum atomic E-state index is -0.151. The highest BCUT2D eigenvalue weighted by Gasteiger charge is 2.13. The molecule has 2 rings (SSSR count). The number of aryl methyl sites for hydroxylation is 1. The fourth-order valence-electron chi connectivity index (χ4n) is 2.26. The number of carbonyl (C=O) groups is 2. The van der Waals surface area contributed by atoms with Crippen molar-refractivity contribution in [2.75, 3.05) is 16.9 Å². The average Bonchev–Trinajstić information content (AvgIpc) is 2.51. The molecule has 2 aromatic rings. The van der Waals surface area contributed by atoms with Crippen LogP contribution in [0.4, 0.5) is 11.4 Å². The third-order valence-electron chi connectivity index (χ3n) is 3.58. The van der Waals surface area contributed by atoms with E-state index in [1.807, 2.05) is 50.4 Å². The summed E-state index contributed by atoms with van der Waals surface area (Å²) in [7, 11) is 0. The van der Waals surface area contributed by atoms with Crippen molar-refractivity contribution in [3.05, 3.63) is 53.1 Å². The number of nitrogens with one attached hydrogen (secondary N) is 2. The van der Waals surface area contributed by atoms with Crippen LogP contribution in [0.15, 0.2) is 41.3 Å². The van der Waals surface area contributed by atoms with Gasteiger partial charge in [0.05, 0.1) is 0 Å². The summed E-state index contributed by atoms with van der Waals surface area (Å²) in [5.74, 6) is -0.290. The van der Waals surface area contributed by atoms with Gasteiger partial charge in [0.25, 0.3) is 5.91 Å². The lowest BCUT2D eigenvalue weighted by atomic mass is 10.1. The predicted molar refractivity (Wildman–Crippen MR) is 96.4 cm³/mol. The van der Waals surface area contributed by atoms with Gasteiger partial charge >= 0.3 is 0 Å². The van der Waals surface area contributed by atoms with Gasteiger partial charge in [0, 0.05) is 28.8 Å². The van der Waals surface area contributed by atoms with Gasteiger partial charge in [-0.05, 0) is 55.5 Å². The van der Waals surface area contributed by atoms with Crippen molar-refractivity contribution in [2.45, 2.75) is 25.7 Å². The van der Waals surface area contributed by atoms with Crippen LogP contribution in [0.3, 0.4) is 0 Å². The molecule has 0 spiro atoms. The van der Waals surface area contributed by atoms with Gasteiger partial charge in [-0.3, -0.25) is 9.59 Å². The molecule has 2 N–H and O–H groups in total. The van der Waals surface area contributed by atoms with Crippen molar-refractivity contribution >= 4 is 35.0 Å². The smallest absolute Gasteiger partial charge is 0.255 e. The van der Waals surface area contributed by atoms with Crippen molar-refractivity contribution in [1.82, 2.24) is 0 Å². The third-order valence-corrected chi connectivity index (χ3v) is 4.31. The van der Waals surface area contributed by atoms with E-state index in [9.17, 15) is 9.59 Å². The predicted octanol–water partition coefficient (Wildman–Crippen LogP) is 4.24. The monoisotopic (exact) mass is 328 g/mol. The van der Waals surface area contributed by atoms with Gasteiger partial charge in [-0.25, -0.2) is 0 Å². The summed E-state index contributed by atoms with van der Waals surface area (Å²) >= 11 is 1.60. The molecule has 5 heteroatoms. The van der Waals surface area contributed by atoms with Crippen LogP contribution in [-0.2, 0) is 4.79 Å². The molecule has 0 aliphatic carbocycles. The SMILES string of the molecule is CSc1ccc(C)c(C(=O)Nc2cccc(NC(C)=O)c2C)c1. The van der Waals surface area contributed by atoms with Gasteiger partial charge in [0.15, 0.2) is 0 Å². The second-order valence-corrected chi connectivity index (χ2v) is 6.17. The second kappa shape index (κ2) is 7.33. The van der Waals surface area contributed by atoms with Gasteiger partial charge in [0.2, 0.25) is 5.91 Å². The molecule has 0 aliphatic heterocycles. The van der Waals surface area contributed by atoms with Gasteiger partial charge < -0.3 is 10.6 Å². The molecule has 0 saturated heterocycles. The Hall–Kier alpha value is -2.27. The van der Waals surface area contributed by atoms with Crippen molar-refractivity contribution in [1.29, 1.82) is 0 Å². The maximum atomic E-state index is 12.6. The van der Waals surface area contributed by atoms with E-state index in [2.05, 4.69) is 10.6 Å². The van der Waals surface area contributed by atoms with E-state index in [-0.39, 0.29) is 11.8 Å². The number of rotatable bonds is 4. The highest BCUT2D eigenvalue weighted by atomic mass is 32.2. The van der Waals surface area contributed by atoms with Gasteiger partial charge in [-0.15, -0.1) is 11.8 Å². The molecule has 0 radical (unpaired) electrons. The standard InChI is InChI=1S/C18H20N2O2S/c1-11-8-9-14(23-4)10-15(11)18(22)20-17-7-5-6-16(12(17)2)19-13(3)21/h5-10H,1-4H3,(H,19,21)(H,20,22). The van der Waals surface area contributed by atoms with Crippen LogP contribution in [0, 0.1) is 13.8 Å². The normalized spacial score (nSPS) is 10.3. The Bertz CT molecular complexity index is 757. The number of hydrogen-bond donors (Lipinski definition) is 2. The third kappa shape index (κ3) is 4.13. The van der Waals surface area contributed by atoms with Gasteiger partial charge in [-0.2, -0.15) is 0 Å². The first-order valence-corrected chi connectivity index (χ1v) is 8.48. The molecule has 0 saturated carbocycles. The van der Waals surface area contributed by atoms with Crippen molar-refractivity contribution in [2.24, 2.45) is 0 Å². The first-order chi connectivity index (χ1) is 10.9. The second-order valence-electron chi connectivity index (χ2n) is 5.29. The summed E-state index contributed by atoms with van der Waals surface area (Å²) < 4.78 is 0. The first kappa shape index (κ1) is 17.1. The largest absolute Gasteiger partial charge is 0.326 e. The number of thioether (sulfide) groups is 1. The Morgan fingerprint density at radius 3 is 2.26 bits per heavy atom. The zero-order valence-electron chi connectivity index (χ0n) is 13.7. The fourth-order valence-corrected chi connectivity index (χ4v) is 2.70. The molecule has 23 heavy (non-hydrogen) atoms. The topological polar surface area (TPSA) is 58.2 Å². The molecule has 4 nitrogen and oxygen atoms in total. The van der Waals surface area contributed by atoms with E-state index in [0.717, 1.165) is 16.0 Å². The van der Waals surface area contributed by atoms with Crippen molar-refractivity contribution in [3.8, 4) is 0 Å². The molecule has 0 heterocycles. The number of anilines is 2. The summed E-state index contributed by atoms with van der Waals surface area (Å²) in [4.78, 5) is 24.9. The molecule has 0 aromatic heterocycles. The molecule has 0 aliphatic rings. The van der Waals surface area contributed by atoms with Crippen LogP contribution in [0.1, 0.15) is 28.4 Å². The van der Waals surface area contributed by atoms with Crippen LogP contribution in [0.5, 0.6) is 0 Å². The van der Waals surface area contributed by atoms with Crippen LogP contribution in [-0.4, -0.2) is 18.1 Å². The molecule has 0 unspecified atom stereocenters. The quantitative estimate of drug-likeness (QED) is 0.826. The van der Waals surface area contributed by atoms with Crippen LogP contribution < -0.4 is 10.6 Å². The number of amides is 2. The molecule has 2 aromatic carbocycles. The molecule has 2 amide bonds. The molecule has 0 atom stereocenters. The Kier molecular flexibility index (Phi) is 5.45. The summed E-state index contributed by atoms with van der Waals surface area (Å²) in [5.41, 5.74) is 3.80. The van der Waals surface area contributed by atoms with E-state index >= 15 is 0 Å². The summed E-state index contributed by atoms with van der Waals surface area (Å²) in [6.07, 6.45) is 1.98. The lowest BCUT2D eigenvalue weighted by Crippen LogP contribution is -2.15. The highest BCUT2D eigenvalue weighted by molar-refractivity contribution is 7.98. The Labute approximate surface area is 140 Å². The lowest BCUT2D eigenvalue weighted by Gasteiger charge is -2.14. The molecule has 0 bridgehead atoms. The van der Waals surface area contributed by atoms with Crippen LogP contribution >= 0.6 is 11.8 Å². The first-order valence-electron chi connectivity index (χ1n) is 7.25. The highest BCUT2D eigenvalue weighted by Crippen LogP contribution is 2.25. The van der Waals surface area contributed by atoms with Crippen LogP contribution in [0.25, 0.3) is 0 Å². The summed E-state index contributed by atoms with van der Waals surface area (Å²) in [6, 6.07) is 11.3. The van der Waals surface area contributed by atoms with E-state index in [1.165, 1.54) is 6.92 Å². The van der Waals surface area contributed by atoms with E-state index in [4.69, 9.17) is 0 Å². The average molecular weight is 328 g/mol. The maximum Gasteiger partial charge on any atom is 0.255 e. The molecule has 120 valence electrons. The minimum absolute atomic E-state index is 0.139. The fraction of sp³-hybridized carbons (Fsp3) is 0.222. The van der Waals surface area contributed by atoms with Gasteiger partial charge in [-0.1, -0.05) is 12.1 Å². The maximum absolute atomic E-state index is 12.6. The Balaban J connectivity index is 2.29. The van der Waals surface area contributed by atoms with Gasteiger partial charge in [0.1, 0.15) is 0 Å². The number of hydrogen-bond acceptors (Lipinski definition) is 3. The summed E-state index contributed by atoms with van der Waals surface area (Å²) in [6.45, 7) is 5.24. The lowest BCUT2D eigenvalue weighted by molar-refractivity contribution is -0.114. The minimum Gasteiger partial charge on any atom is -0.326 e. The molecule has 0 fully saturated rings. The van der Waals surface area contributed by atoms with Crippen molar-refractivity contribution < 1.29 is 9.59 Å². The van der Waals surface area contributed by atoms with E-state index in [1.54, 1.807) is 17.8 Å². The van der Waals surface area contributed by atoms with E-state index in [0.29, 0.717) is 16.9 Å². The zero-order valence-corrected chi connectivity index (χ0v) is 14.5. The molecular weight excluding hydrogens is 308 g/mol. The number of carbonyl (C=O) groups excluding carboxylic acids is 2. The Morgan fingerprint density at radius 1 is 1.00 bits per heavy atom. The van der Waals surface area contributed by atoms with Crippen molar-refractivity contribution in [3.63, 3.8) is 0 Å². The Morgan fingerprint density at radius 2 is 1.65 bits per heavy atom. The zero-order chi connectivity index (χ0) is 17.0. The molecular formula is C18H20N2O2S. The van der Waals surface area contributed by atoms with Crippen LogP contribution in [0.2, 0.25) is 0 Å². The number of benzene rings is 2. The van der Waals surface area contributed by atoms with E-state index < -0.39 is 0 Å².